The van der Waals surface area contributed by atoms with Gasteiger partial charge >= 0.3 is 0 Å². The van der Waals surface area contributed by atoms with Crippen LogP contribution in [0.25, 0.3) is 0 Å². The average Bonchev–Trinajstić information content (AvgIpc) is 3.16. The number of hydrogen-bond acceptors (Lipinski definition) is 6. The molecule has 0 radical (unpaired) electrons. The van der Waals surface area contributed by atoms with Crippen molar-refractivity contribution in [1.82, 2.24) is 20.2 Å². The Bertz CT molecular complexity index is 622. The minimum Gasteiger partial charge on any atom is -0.365 e. The second-order valence-corrected chi connectivity index (χ2v) is 7.40. The van der Waals surface area contributed by atoms with Gasteiger partial charge in [-0.15, -0.1) is 17.9 Å². The van der Waals surface area contributed by atoms with Crippen molar-refractivity contribution in [3.05, 3.63) is 53.3 Å². The number of thiazole rings is 1. The van der Waals surface area contributed by atoms with Crippen LogP contribution in [-0.4, -0.2) is 54.1 Å². The minimum absolute atomic E-state index is 0.588. The first-order valence-electron chi connectivity index (χ1n) is 9.56. The number of nitrogens with zero attached hydrogens (tertiary/aromatic N) is 3. The number of aromatic nitrogens is 2. The Labute approximate surface area is 168 Å². The van der Waals surface area contributed by atoms with Crippen LogP contribution < -0.4 is 10.6 Å². The lowest BCUT2D eigenvalue weighted by molar-refractivity contribution is 0.208. The number of aryl methyl sites for hydroxylation is 2. The molecular formula is C21H35N5S. The number of rotatable bonds is 4. The summed E-state index contributed by atoms with van der Waals surface area (Å²) in [7, 11) is 1.86. The zero-order valence-corrected chi connectivity index (χ0v) is 18.3. The van der Waals surface area contributed by atoms with Crippen LogP contribution in [0.1, 0.15) is 30.8 Å². The van der Waals surface area contributed by atoms with Gasteiger partial charge in [-0.3, -0.25) is 4.98 Å². The number of likely N-dealkylation sites (N-methyl/N-ethyl adjacent to an activating group) is 1. The lowest BCUT2D eigenvalue weighted by Gasteiger charge is -2.33. The number of hydrogen-bond donors (Lipinski definition) is 2. The number of pyridine rings is 1. The van der Waals surface area contributed by atoms with E-state index >= 15 is 0 Å². The van der Waals surface area contributed by atoms with Crippen LogP contribution in [0, 0.1) is 13.8 Å². The van der Waals surface area contributed by atoms with Crippen molar-refractivity contribution in [2.75, 3.05) is 38.5 Å². The molecule has 0 aromatic carbocycles. The van der Waals surface area contributed by atoms with Gasteiger partial charge in [0.1, 0.15) is 0 Å². The fourth-order valence-electron chi connectivity index (χ4n) is 2.99. The van der Waals surface area contributed by atoms with Gasteiger partial charge in [0.15, 0.2) is 5.13 Å². The third-order valence-corrected chi connectivity index (χ3v) is 4.85. The second kappa shape index (κ2) is 13.4. The highest BCUT2D eigenvalue weighted by molar-refractivity contribution is 7.13. The maximum Gasteiger partial charge on any atom is 0.182 e. The molecule has 1 saturated heterocycles. The topological polar surface area (TPSA) is 53.1 Å². The zero-order chi connectivity index (χ0) is 20.1. The molecule has 0 saturated carbocycles. The molecule has 2 aromatic rings. The maximum absolute atomic E-state index is 4.43. The highest BCUT2D eigenvalue weighted by Gasteiger charge is 2.18. The van der Waals surface area contributed by atoms with E-state index in [0.29, 0.717) is 6.04 Å². The quantitative estimate of drug-likeness (QED) is 0.777. The van der Waals surface area contributed by atoms with E-state index < -0.39 is 0 Å². The van der Waals surface area contributed by atoms with Crippen LogP contribution in [0.2, 0.25) is 0 Å². The molecule has 1 aliphatic rings. The Kier molecular flexibility index (Phi) is 11.6. The highest BCUT2D eigenvalue weighted by Crippen LogP contribution is 2.10. The number of piperazine rings is 1. The third kappa shape index (κ3) is 9.65. The largest absolute Gasteiger partial charge is 0.365 e. The van der Waals surface area contributed by atoms with E-state index in [-0.39, 0.29) is 0 Å². The summed E-state index contributed by atoms with van der Waals surface area (Å²) in [6, 6.07) is 5.00. The molecule has 6 heteroatoms. The molecule has 0 amide bonds. The van der Waals surface area contributed by atoms with Gasteiger partial charge in [0.2, 0.25) is 0 Å². The first kappa shape index (κ1) is 23.3. The molecule has 5 nitrogen and oxygen atoms in total. The Balaban J connectivity index is 0.000000301. The van der Waals surface area contributed by atoms with Gasteiger partial charge in [0.25, 0.3) is 0 Å². The van der Waals surface area contributed by atoms with Gasteiger partial charge in [-0.05, 0) is 51.4 Å². The summed E-state index contributed by atoms with van der Waals surface area (Å²) in [5.41, 5.74) is 3.66. The Morgan fingerprint density at radius 2 is 2.04 bits per heavy atom. The summed E-state index contributed by atoms with van der Waals surface area (Å²) in [6.07, 6.45) is 4.64. The van der Waals surface area contributed by atoms with Crippen molar-refractivity contribution in [3.63, 3.8) is 0 Å². The molecule has 150 valence electrons. The molecule has 0 aliphatic carbocycles. The van der Waals surface area contributed by atoms with Crippen molar-refractivity contribution in [3.8, 4) is 0 Å². The van der Waals surface area contributed by atoms with Crippen molar-refractivity contribution in [2.24, 2.45) is 0 Å². The monoisotopic (exact) mass is 389 g/mol. The van der Waals surface area contributed by atoms with Crippen LogP contribution in [0.4, 0.5) is 5.13 Å². The van der Waals surface area contributed by atoms with Crippen LogP contribution in [-0.2, 0) is 6.42 Å². The first-order valence-corrected chi connectivity index (χ1v) is 10.4. The van der Waals surface area contributed by atoms with Crippen molar-refractivity contribution >= 4 is 16.5 Å². The fraction of sp³-hybridized carbons (Fsp3) is 0.524. The van der Waals surface area contributed by atoms with E-state index in [0.717, 1.165) is 42.6 Å². The van der Waals surface area contributed by atoms with Gasteiger partial charge in [-0.2, -0.15) is 0 Å². The smallest absolute Gasteiger partial charge is 0.182 e. The maximum atomic E-state index is 4.43. The first-order chi connectivity index (χ1) is 13.0. The molecule has 2 aromatic heterocycles. The minimum atomic E-state index is 0.588. The Hall–Kier alpha value is -1.76. The summed E-state index contributed by atoms with van der Waals surface area (Å²) in [5, 5.41) is 9.43. The number of anilines is 1. The summed E-state index contributed by atoms with van der Waals surface area (Å²) < 4.78 is 0. The molecule has 0 spiro atoms. The van der Waals surface area contributed by atoms with Gasteiger partial charge in [0, 0.05) is 55.7 Å². The molecule has 1 unspecified atom stereocenters. The van der Waals surface area contributed by atoms with E-state index in [4.69, 9.17) is 0 Å². The van der Waals surface area contributed by atoms with Crippen molar-refractivity contribution < 1.29 is 0 Å². The van der Waals surface area contributed by atoms with E-state index in [9.17, 15) is 0 Å². The molecule has 2 N–H and O–H groups in total. The van der Waals surface area contributed by atoms with Crippen LogP contribution >= 0.6 is 11.3 Å². The molecule has 27 heavy (non-hydrogen) atoms. The molecule has 3 heterocycles. The predicted octanol–water partition coefficient (Wildman–Crippen LogP) is 3.91. The molecule has 1 fully saturated rings. The molecule has 1 atom stereocenters. The van der Waals surface area contributed by atoms with E-state index in [1.807, 2.05) is 19.4 Å². The lowest BCUT2D eigenvalue weighted by atomic mass is 10.0. The summed E-state index contributed by atoms with van der Waals surface area (Å²) in [4.78, 5) is 10.9. The third-order valence-electron chi connectivity index (χ3n) is 4.06. The Morgan fingerprint density at radius 3 is 2.52 bits per heavy atom. The predicted molar refractivity (Wildman–Crippen MR) is 119 cm³/mol. The SMILES string of the molecule is C=CC.CCN1CCNC(Cc2cc(C)nc(C)c2)C1.CNc1nccs1. The van der Waals surface area contributed by atoms with Crippen molar-refractivity contribution in [1.29, 1.82) is 0 Å². The van der Waals surface area contributed by atoms with Gasteiger partial charge in [-0.25, -0.2) is 4.98 Å². The van der Waals surface area contributed by atoms with Crippen LogP contribution in [0.5, 0.6) is 0 Å². The zero-order valence-electron chi connectivity index (χ0n) is 17.5. The number of nitrogens with one attached hydrogen (secondary N) is 2. The fourth-order valence-corrected chi connectivity index (χ4v) is 3.48. The second-order valence-electron chi connectivity index (χ2n) is 6.50. The van der Waals surface area contributed by atoms with Gasteiger partial charge in [-0.1, -0.05) is 13.0 Å². The van der Waals surface area contributed by atoms with E-state index in [1.165, 1.54) is 12.1 Å². The molecule has 3 rings (SSSR count). The van der Waals surface area contributed by atoms with Gasteiger partial charge in [0.05, 0.1) is 0 Å². The van der Waals surface area contributed by atoms with Crippen LogP contribution in [0.15, 0.2) is 36.4 Å². The standard InChI is InChI=1S/C14H23N3.C4H6N2S.C3H6/c1-4-17-6-5-15-14(10-17)9-13-7-11(2)16-12(3)8-13;1-5-4-6-2-3-7-4;1-3-2/h7-8,14-15H,4-6,9-10H2,1-3H3;2-3H,1H3,(H,5,6);3H,1H2,2H3. The lowest BCUT2D eigenvalue weighted by Crippen LogP contribution is -2.51. The highest BCUT2D eigenvalue weighted by atomic mass is 32.1. The normalized spacial score (nSPS) is 16.4. The summed E-state index contributed by atoms with van der Waals surface area (Å²) in [6.45, 7) is 16.3. The van der Waals surface area contributed by atoms with Crippen LogP contribution in [0.3, 0.4) is 0 Å². The molecular weight excluding hydrogens is 354 g/mol. The van der Waals surface area contributed by atoms with E-state index in [2.05, 4.69) is 65.0 Å². The van der Waals surface area contributed by atoms with Crippen molar-refractivity contribution in [2.45, 2.75) is 40.2 Å². The summed E-state index contributed by atoms with van der Waals surface area (Å²) in [5.74, 6) is 0. The summed E-state index contributed by atoms with van der Waals surface area (Å²) >= 11 is 1.60. The van der Waals surface area contributed by atoms with E-state index in [1.54, 1.807) is 23.6 Å². The molecule has 0 bridgehead atoms. The molecule has 1 aliphatic heterocycles. The van der Waals surface area contributed by atoms with Gasteiger partial charge < -0.3 is 15.5 Å². The average molecular weight is 390 g/mol. The Morgan fingerprint density at radius 1 is 1.37 bits per heavy atom. The number of allylic oxidation sites excluding steroid dienone is 1.